The van der Waals surface area contributed by atoms with Crippen LogP contribution in [0.4, 0.5) is 0 Å². The molecule has 2 amide bonds. The van der Waals surface area contributed by atoms with Gasteiger partial charge in [-0.3, -0.25) is 9.59 Å². The Bertz CT molecular complexity index is 811. The first kappa shape index (κ1) is 19.7. The molecule has 142 valence electrons. The molecular weight excluding hydrogens is 384 g/mol. The number of β-amino-alcohol motifs (C(OH)–C–C–N with tert-alkyl or cyclic N) is 1. The van der Waals surface area contributed by atoms with Crippen LogP contribution in [-0.2, 0) is 11.3 Å². The third kappa shape index (κ3) is 5.03. The van der Waals surface area contributed by atoms with Crippen LogP contribution in [0.1, 0.15) is 15.9 Å². The maximum Gasteiger partial charge on any atom is 0.254 e. The lowest BCUT2D eigenvalue weighted by Gasteiger charge is -2.22. The second-order valence-electron chi connectivity index (χ2n) is 6.47. The van der Waals surface area contributed by atoms with Crippen molar-refractivity contribution in [3.63, 3.8) is 0 Å². The quantitative estimate of drug-likeness (QED) is 0.796. The molecule has 1 aliphatic rings. The second kappa shape index (κ2) is 8.78. The summed E-state index contributed by atoms with van der Waals surface area (Å²) in [6.07, 6.45) is 1.17. The van der Waals surface area contributed by atoms with E-state index in [1.165, 1.54) is 4.90 Å². The van der Waals surface area contributed by atoms with Crippen molar-refractivity contribution < 1.29 is 14.7 Å². The molecule has 0 bridgehead atoms. The minimum atomic E-state index is -0.793. The molecule has 0 spiro atoms. The van der Waals surface area contributed by atoms with E-state index in [2.05, 4.69) is 0 Å². The van der Waals surface area contributed by atoms with Crippen molar-refractivity contribution in [3.8, 4) is 0 Å². The number of nitrogens with zero attached hydrogens (tertiary/aromatic N) is 2. The number of hydrogen-bond donors (Lipinski definition) is 1. The van der Waals surface area contributed by atoms with Crippen molar-refractivity contribution in [2.45, 2.75) is 17.5 Å². The van der Waals surface area contributed by atoms with Crippen LogP contribution in [0.3, 0.4) is 0 Å². The summed E-state index contributed by atoms with van der Waals surface area (Å²) in [5.74, 6) is -0.432. The summed E-state index contributed by atoms with van der Waals surface area (Å²) in [5, 5.41) is 11.0. The van der Waals surface area contributed by atoms with E-state index in [4.69, 9.17) is 11.6 Å². The fraction of sp³-hybridized carbons (Fsp3) is 0.300. The average molecular weight is 405 g/mol. The van der Waals surface area contributed by atoms with E-state index in [0.29, 0.717) is 17.1 Å². The van der Waals surface area contributed by atoms with Gasteiger partial charge in [-0.15, -0.1) is 11.8 Å². The van der Waals surface area contributed by atoms with Crippen LogP contribution in [0.2, 0.25) is 5.02 Å². The van der Waals surface area contributed by atoms with Crippen LogP contribution in [-0.4, -0.2) is 58.7 Å². The van der Waals surface area contributed by atoms with Gasteiger partial charge >= 0.3 is 0 Å². The van der Waals surface area contributed by atoms with Gasteiger partial charge in [0.1, 0.15) is 6.54 Å². The predicted octanol–water partition coefficient (Wildman–Crippen LogP) is 2.91. The number of aliphatic hydroxyl groups excluding tert-OH is 1. The fourth-order valence-corrected chi connectivity index (χ4v) is 3.56. The van der Waals surface area contributed by atoms with Crippen molar-refractivity contribution in [2.75, 3.05) is 25.9 Å². The van der Waals surface area contributed by atoms with E-state index in [9.17, 15) is 14.7 Å². The van der Waals surface area contributed by atoms with Gasteiger partial charge in [0.15, 0.2) is 0 Å². The molecule has 1 heterocycles. The summed E-state index contributed by atoms with van der Waals surface area (Å²) in [4.78, 5) is 29.5. The number of thioether (sulfide) groups is 1. The van der Waals surface area contributed by atoms with E-state index in [1.54, 1.807) is 40.9 Å². The van der Waals surface area contributed by atoms with Gasteiger partial charge in [-0.25, -0.2) is 0 Å². The van der Waals surface area contributed by atoms with Crippen molar-refractivity contribution in [2.24, 2.45) is 0 Å². The predicted molar refractivity (Wildman–Crippen MR) is 107 cm³/mol. The zero-order valence-corrected chi connectivity index (χ0v) is 16.5. The Hall–Kier alpha value is -2.02. The molecule has 1 aliphatic heterocycles. The molecule has 0 radical (unpaired) electrons. The van der Waals surface area contributed by atoms with Gasteiger partial charge in [0.05, 0.1) is 6.10 Å². The lowest BCUT2D eigenvalue weighted by atomic mass is 10.2. The van der Waals surface area contributed by atoms with Crippen LogP contribution >= 0.6 is 23.4 Å². The highest BCUT2D eigenvalue weighted by molar-refractivity contribution is 7.98. The standard InChI is InChI=1S/C20H21ClN2O3S/c1-27-18-8-4-15(5-9-18)20(26)23-12-17(24)11-22(19(25)13-23)10-14-2-6-16(21)7-3-14/h2-9,17,24H,10-13H2,1H3. The molecule has 27 heavy (non-hydrogen) atoms. The molecule has 7 heteroatoms. The Morgan fingerprint density at radius 2 is 1.81 bits per heavy atom. The lowest BCUT2D eigenvalue weighted by molar-refractivity contribution is -0.131. The van der Waals surface area contributed by atoms with Gasteiger partial charge < -0.3 is 14.9 Å². The zero-order valence-electron chi connectivity index (χ0n) is 15.0. The zero-order chi connectivity index (χ0) is 19.4. The number of halogens is 1. The minimum absolute atomic E-state index is 0.0479. The summed E-state index contributed by atoms with van der Waals surface area (Å²) in [6.45, 7) is 0.647. The van der Waals surface area contributed by atoms with Gasteiger partial charge in [-0.05, 0) is 48.2 Å². The molecule has 0 aliphatic carbocycles. The van der Waals surface area contributed by atoms with Gasteiger partial charge in [0, 0.05) is 35.1 Å². The highest BCUT2D eigenvalue weighted by atomic mass is 35.5. The summed E-state index contributed by atoms with van der Waals surface area (Å²) < 4.78 is 0. The number of amides is 2. The van der Waals surface area contributed by atoms with E-state index >= 15 is 0 Å². The smallest absolute Gasteiger partial charge is 0.254 e. The van der Waals surface area contributed by atoms with Crippen LogP contribution < -0.4 is 0 Å². The highest BCUT2D eigenvalue weighted by Gasteiger charge is 2.29. The van der Waals surface area contributed by atoms with E-state index < -0.39 is 6.10 Å². The van der Waals surface area contributed by atoms with Crippen molar-refractivity contribution in [3.05, 3.63) is 64.7 Å². The fourth-order valence-electron chi connectivity index (χ4n) is 3.03. The monoisotopic (exact) mass is 404 g/mol. The molecule has 1 N–H and O–H groups in total. The van der Waals surface area contributed by atoms with Gasteiger partial charge in [0.2, 0.25) is 5.91 Å². The minimum Gasteiger partial charge on any atom is -0.389 e. The number of rotatable bonds is 4. The number of benzene rings is 2. The van der Waals surface area contributed by atoms with Crippen LogP contribution in [0, 0.1) is 0 Å². The number of carbonyl (C=O) groups excluding carboxylic acids is 2. The van der Waals surface area contributed by atoms with E-state index in [1.807, 2.05) is 30.5 Å². The summed E-state index contributed by atoms with van der Waals surface area (Å²) in [5.41, 5.74) is 1.44. The Kier molecular flexibility index (Phi) is 6.42. The normalized spacial score (nSPS) is 17.7. The van der Waals surface area contributed by atoms with Crippen molar-refractivity contribution in [1.29, 1.82) is 0 Å². The van der Waals surface area contributed by atoms with Crippen LogP contribution in [0.5, 0.6) is 0 Å². The molecule has 3 rings (SSSR count). The molecule has 2 aromatic carbocycles. The molecule has 1 fully saturated rings. The van der Waals surface area contributed by atoms with Gasteiger partial charge in [-0.1, -0.05) is 23.7 Å². The summed E-state index contributed by atoms with van der Waals surface area (Å²) in [7, 11) is 0. The first-order chi connectivity index (χ1) is 13.0. The maximum absolute atomic E-state index is 12.8. The number of hydrogen-bond acceptors (Lipinski definition) is 4. The Balaban J connectivity index is 1.71. The number of carbonyl (C=O) groups is 2. The third-order valence-corrected chi connectivity index (χ3v) is 5.45. The van der Waals surface area contributed by atoms with Crippen molar-refractivity contribution in [1.82, 2.24) is 9.80 Å². The Labute approximate surface area is 167 Å². The van der Waals surface area contributed by atoms with Gasteiger partial charge in [-0.2, -0.15) is 0 Å². The molecule has 0 saturated carbocycles. The average Bonchev–Trinajstić information content (AvgIpc) is 2.81. The molecule has 2 aromatic rings. The SMILES string of the molecule is CSc1ccc(C(=O)N2CC(=O)N(Cc3ccc(Cl)cc3)CC(O)C2)cc1. The van der Waals surface area contributed by atoms with E-state index in [0.717, 1.165) is 10.5 Å². The summed E-state index contributed by atoms with van der Waals surface area (Å²) >= 11 is 7.49. The molecule has 5 nitrogen and oxygen atoms in total. The molecule has 1 saturated heterocycles. The van der Waals surface area contributed by atoms with Gasteiger partial charge in [0.25, 0.3) is 5.91 Å². The molecular formula is C20H21ClN2O3S. The molecule has 1 unspecified atom stereocenters. The van der Waals surface area contributed by atoms with Crippen molar-refractivity contribution >= 4 is 35.2 Å². The highest BCUT2D eigenvalue weighted by Crippen LogP contribution is 2.18. The first-order valence-electron chi connectivity index (χ1n) is 8.60. The summed E-state index contributed by atoms with van der Waals surface area (Å²) in [6, 6.07) is 14.5. The maximum atomic E-state index is 12.8. The van der Waals surface area contributed by atoms with Crippen LogP contribution in [0.25, 0.3) is 0 Å². The third-order valence-electron chi connectivity index (χ3n) is 4.45. The second-order valence-corrected chi connectivity index (χ2v) is 7.78. The molecule has 1 atom stereocenters. The lowest BCUT2D eigenvalue weighted by Crippen LogP contribution is -2.39. The van der Waals surface area contributed by atoms with Crippen LogP contribution in [0.15, 0.2) is 53.4 Å². The number of aliphatic hydroxyl groups is 1. The molecule has 0 aromatic heterocycles. The Morgan fingerprint density at radius 3 is 2.44 bits per heavy atom. The first-order valence-corrected chi connectivity index (χ1v) is 10.2. The Morgan fingerprint density at radius 1 is 1.15 bits per heavy atom. The largest absolute Gasteiger partial charge is 0.389 e. The van der Waals surface area contributed by atoms with E-state index in [-0.39, 0.29) is 31.4 Å². The topological polar surface area (TPSA) is 60.9 Å².